The van der Waals surface area contributed by atoms with Gasteiger partial charge in [0.05, 0.1) is 0 Å². The lowest BCUT2D eigenvalue weighted by atomic mass is 10.0. The lowest BCUT2D eigenvalue weighted by molar-refractivity contribution is 0.649. The van der Waals surface area contributed by atoms with E-state index in [1.807, 2.05) is 18.2 Å². The first kappa shape index (κ1) is 11.1. The molecule has 0 spiro atoms. The first-order valence-corrected chi connectivity index (χ1v) is 7.90. The molecule has 13 heavy (non-hydrogen) atoms. The average molecular weight is 232 g/mol. The van der Waals surface area contributed by atoms with Crippen LogP contribution in [-0.4, -0.2) is 7.42 Å². The van der Waals surface area contributed by atoms with E-state index < -0.39 is 7.42 Å². The van der Waals surface area contributed by atoms with Crippen LogP contribution in [0.15, 0.2) is 24.3 Å². The number of benzene rings is 1. The predicted octanol–water partition coefficient (Wildman–Crippen LogP) is 3.06. The molecule has 1 radical (unpaired) electrons. The van der Waals surface area contributed by atoms with Gasteiger partial charge in [-0.3, -0.25) is 0 Å². The molecule has 1 rings (SSSR count). The van der Waals surface area contributed by atoms with Crippen LogP contribution in [-0.2, 0) is 6.42 Å². The Morgan fingerprint density at radius 1 is 1.23 bits per heavy atom. The largest absolute Gasteiger partial charge is 0.307 e. The Hall–Kier alpha value is 0.0169. The molecule has 0 nitrogen and oxygen atoms in total. The molecule has 0 atom stereocenters. The van der Waals surface area contributed by atoms with Crippen LogP contribution in [0.2, 0.25) is 0 Å². The maximum Gasteiger partial charge on any atom is 0.307 e. The van der Waals surface area contributed by atoms with E-state index >= 15 is 0 Å². The van der Waals surface area contributed by atoms with E-state index in [-0.39, 0.29) is 0 Å². The second kappa shape index (κ2) is 5.04. The first-order valence-electron chi connectivity index (χ1n) is 4.37. The molecular weight excluding hydrogens is 219 g/mol. The molecule has 71 valence electrons. The third-order valence-electron chi connectivity index (χ3n) is 1.85. The number of hydrogen-bond donors (Lipinski definition) is 0. The van der Waals surface area contributed by atoms with Gasteiger partial charge in [-0.15, -0.1) is 22.2 Å². The van der Waals surface area contributed by atoms with Crippen LogP contribution in [0.3, 0.4) is 0 Å². The number of hydrogen-bond acceptors (Lipinski definition) is 0. The minimum atomic E-state index is -1.34. The lowest BCUT2D eigenvalue weighted by Gasteiger charge is -2.10. The molecule has 1 aromatic carbocycles. The van der Waals surface area contributed by atoms with E-state index in [9.17, 15) is 0 Å². The van der Waals surface area contributed by atoms with Crippen LogP contribution < -0.4 is 5.19 Å². The number of halogens is 2. The fraction of sp³-hybridized carbons (Fsp3) is 0.400. The Balaban J connectivity index is 2.91. The van der Waals surface area contributed by atoms with Gasteiger partial charge in [-0.05, 0) is 23.1 Å². The third kappa shape index (κ3) is 3.33. The summed E-state index contributed by atoms with van der Waals surface area (Å²) in [4.78, 5) is 0. The van der Waals surface area contributed by atoms with Gasteiger partial charge in [-0.1, -0.05) is 38.1 Å². The highest BCUT2D eigenvalue weighted by Crippen LogP contribution is 2.09. The van der Waals surface area contributed by atoms with Crippen LogP contribution >= 0.6 is 22.2 Å². The molecule has 0 aliphatic carbocycles. The van der Waals surface area contributed by atoms with E-state index in [2.05, 4.69) is 19.9 Å². The maximum absolute atomic E-state index is 5.96. The van der Waals surface area contributed by atoms with Crippen LogP contribution in [0.4, 0.5) is 0 Å². The van der Waals surface area contributed by atoms with Crippen LogP contribution in [0.1, 0.15) is 19.4 Å². The smallest absolute Gasteiger partial charge is 0.140 e. The molecule has 0 bridgehead atoms. The molecule has 0 fully saturated rings. The minimum Gasteiger partial charge on any atom is -0.140 e. The van der Waals surface area contributed by atoms with Gasteiger partial charge in [-0.25, -0.2) is 0 Å². The second-order valence-corrected chi connectivity index (χ2v) is 7.42. The van der Waals surface area contributed by atoms with Gasteiger partial charge in [0.1, 0.15) is 0 Å². The van der Waals surface area contributed by atoms with Crippen molar-refractivity contribution < 1.29 is 0 Å². The van der Waals surface area contributed by atoms with Crippen molar-refractivity contribution in [2.24, 2.45) is 5.92 Å². The fourth-order valence-electron chi connectivity index (χ4n) is 1.32. The van der Waals surface area contributed by atoms with Crippen molar-refractivity contribution in [3.05, 3.63) is 29.8 Å². The monoisotopic (exact) mass is 231 g/mol. The lowest BCUT2D eigenvalue weighted by Crippen LogP contribution is -2.23. The summed E-state index contributed by atoms with van der Waals surface area (Å²) in [5, 5.41) is 1.14. The Bertz CT molecular complexity index is 271. The summed E-state index contributed by atoms with van der Waals surface area (Å²) in [6.45, 7) is 4.40. The molecule has 0 aliphatic rings. The molecule has 0 heterocycles. The zero-order valence-electron chi connectivity index (χ0n) is 7.85. The van der Waals surface area contributed by atoms with Gasteiger partial charge in [0.15, 0.2) is 0 Å². The zero-order valence-corrected chi connectivity index (χ0v) is 10.4. The summed E-state index contributed by atoms with van der Waals surface area (Å²) in [6, 6.07) is 8.19. The van der Waals surface area contributed by atoms with Crippen LogP contribution in [0, 0.1) is 5.92 Å². The molecule has 0 saturated carbocycles. The number of rotatable bonds is 3. The Morgan fingerprint density at radius 2 is 1.85 bits per heavy atom. The fourth-order valence-corrected chi connectivity index (χ4v) is 3.08. The van der Waals surface area contributed by atoms with E-state index in [0.717, 1.165) is 11.6 Å². The van der Waals surface area contributed by atoms with Gasteiger partial charge in [-0.2, -0.15) is 0 Å². The van der Waals surface area contributed by atoms with E-state index in [1.165, 1.54) is 5.56 Å². The van der Waals surface area contributed by atoms with Crippen molar-refractivity contribution in [1.29, 1.82) is 0 Å². The second-order valence-electron chi connectivity index (χ2n) is 3.52. The highest BCUT2D eigenvalue weighted by atomic mass is 35.7. The summed E-state index contributed by atoms with van der Waals surface area (Å²) in [5.41, 5.74) is 1.30. The SMILES string of the molecule is CC(C)Cc1ccccc1[Si](Cl)Cl. The Kier molecular flexibility index (Phi) is 4.30. The van der Waals surface area contributed by atoms with Crippen molar-refractivity contribution in [2.45, 2.75) is 20.3 Å². The predicted molar refractivity (Wildman–Crippen MR) is 62.1 cm³/mol. The van der Waals surface area contributed by atoms with Crippen molar-refractivity contribution in [3.8, 4) is 0 Å². The zero-order chi connectivity index (χ0) is 9.84. The highest BCUT2D eigenvalue weighted by molar-refractivity contribution is 7.39. The van der Waals surface area contributed by atoms with E-state index in [4.69, 9.17) is 22.2 Å². The molecular formula is C10H13Cl2Si. The van der Waals surface area contributed by atoms with Crippen molar-refractivity contribution in [2.75, 3.05) is 0 Å². The topological polar surface area (TPSA) is 0 Å². The molecule has 1 aromatic rings. The molecule has 0 aromatic heterocycles. The van der Waals surface area contributed by atoms with Crippen LogP contribution in [0.25, 0.3) is 0 Å². The van der Waals surface area contributed by atoms with E-state index in [1.54, 1.807) is 0 Å². The molecule has 0 aliphatic heterocycles. The van der Waals surface area contributed by atoms with Gasteiger partial charge < -0.3 is 0 Å². The average Bonchev–Trinajstić information content (AvgIpc) is 2.03. The first-order chi connectivity index (χ1) is 6.11. The van der Waals surface area contributed by atoms with Crippen molar-refractivity contribution >= 4 is 34.8 Å². The molecule has 0 unspecified atom stereocenters. The summed E-state index contributed by atoms with van der Waals surface area (Å²) >= 11 is 11.9. The molecule has 0 N–H and O–H groups in total. The molecule has 3 heteroatoms. The van der Waals surface area contributed by atoms with E-state index in [0.29, 0.717) is 5.92 Å². The third-order valence-corrected chi connectivity index (χ3v) is 3.97. The van der Waals surface area contributed by atoms with Gasteiger partial charge in [0, 0.05) is 0 Å². The van der Waals surface area contributed by atoms with Crippen molar-refractivity contribution in [3.63, 3.8) is 0 Å². The maximum atomic E-state index is 5.96. The minimum absolute atomic E-state index is 0.649. The van der Waals surface area contributed by atoms with Gasteiger partial charge in [0.25, 0.3) is 0 Å². The van der Waals surface area contributed by atoms with Gasteiger partial charge >= 0.3 is 7.42 Å². The normalized spacial score (nSPS) is 11.2. The molecule has 0 amide bonds. The standard InChI is InChI=1S/C10H13Cl2Si/c1-8(2)7-9-5-3-4-6-10(9)13(11)12/h3-6,8H,7H2,1-2H3. The quantitative estimate of drug-likeness (QED) is 0.555. The Labute approximate surface area is 90.9 Å². The highest BCUT2D eigenvalue weighted by Gasteiger charge is 2.12. The molecule has 0 saturated heterocycles. The summed E-state index contributed by atoms with van der Waals surface area (Å²) in [7, 11) is -1.34. The summed E-state index contributed by atoms with van der Waals surface area (Å²) < 4.78 is 0. The summed E-state index contributed by atoms with van der Waals surface area (Å²) in [5.74, 6) is 0.649. The summed E-state index contributed by atoms with van der Waals surface area (Å²) in [6.07, 6.45) is 1.06. The van der Waals surface area contributed by atoms with Crippen LogP contribution in [0.5, 0.6) is 0 Å². The van der Waals surface area contributed by atoms with Crippen molar-refractivity contribution in [1.82, 2.24) is 0 Å². The Morgan fingerprint density at radius 3 is 2.38 bits per heavy atom. The van der Waals surface area contributed by atoms with Gasteiger partial charge in [0.2, 0.25) is 0 Å².